The van der Waals surface area contributed by atoms with Crippen LogP contribution in [-0.2, 0) is 0 Å². The molecule has 1 aromatic carbocycles. The van der Waals surface area contributed by atoms with Crippen molar-refractivity contribution in [1.29, 1.82) is 0 Å². The van der Waals surface area contributed by atoms with E-state index in [-0.39, 0.29) is 0 Å². The van der Waals surface area contributed by atoms with Gasteiger partial charge in [0.2, 0.25) is 0 Å². The number of halogens is 2. The van der Waals surface area contributed by atoms with Crippen LogP contribution in [0.1, 0.15) is 6.92 Å². The van der Waals surface area contributed by atoms with E-state index in [1.54, 1.807) is 0 Å². The molecule has 0 aliphatic carbocycles. The van der Waals surface area contributed by atoms with Crippen LogP contribution in [0.2, 0.25) is 0 Å². The van der Waals surface area contributed by atoms with Gasteiger partial charge in [-0.3, -0.25) is 0 Å². The highest BCUT2D eigenvalue weighted by Gasteiger charge is 1.98. The molecule has 0 radical (unpaired) electrons. The quantitative estimate of drug-likeness (QED) is 0.756. The predicted octanol–water partition coefficient (Wildman–Crippen LogP) is 3.45. The van der Waals surface area contributed by atoms with E-state index < -0.39 is 0 Å². The van der Waals surface area contributed by atoms with Gasteiger partial charge in [0, 0.05) is 3.57 Å². The Labute approximate surface area is 88.4 Å². The minimum absolute atomic E-state index is 0.708. The predicted molar refractivity (Wildman–Crippen MR) is 58.0 cm³/mol. The number of rotatable bonds is 2. The topological polar surface area (TPSA) is 9.23 Å². The number of hydrogen-bond donors (Lipinski definition) is 0. The van der Waals surface area contributed by atoms with E-state index in [1.807, 2.05) is 25.1 Å². The van der Waals surface area contributed by atoms with Crippen molar-refractivity contribution in [1.82, 2.24) is 0 Å². The van der Waals surface area contributed by atoms with Crippen LogP contribution in [0.15, 0.2) is 22.7 Å². The van der Waals surface area contributed by atoms with Gasteiger partial charge in [-0.15, -0.1) is 0 Å². The van der Waals surface area contributed by atoms with Crippen molar-refractivity contribution >= 4 is 38.5 Å². The summed E-state index contributed by atoms with van der Waals surface area (Å²) in [5.41, 5.74) is 0. The van der Waals surface area contributed by atoms with E-state index in [1.165, 1.54) is 3.57 Å². The van der Waals surface area contributed by atoms with Crippen LogP contribution in [0.4, 0.5) is 0 Å². The highest BCUT2D eigenvalue weighted by molar-refractivity contribution is 14.1. The number of ether oxygens (including phenoxy) is 1. The maximum atomic E-state index is 5.34. The molecule has 0 bridgehead atoms. The van der Waals surface area contributed by atoms with E-state index in [0.717, 1.165) is 10.2 Å². The highest BCUT2D eigenvalue weighted by atomic mass is 127. The van der Waals surface area contributed by atoms with Gasteiger partial charge in [-0.25, -0.2) is 0 Å². The molecule has 11 heavy (non-hydrogen) atoms. The molecule has 0 unspecified atom stereocenters. The zero-order valence-corrected chi connectivity index (χ0v) is 9.85. The van der Waals surface area contributed by atoms with Gasteiger partial charge in [-0.05, 0) is 63.6 Å². The van der Waals surface area contributed by atoms with E-state index in [4.69, 9.17) is 4.74 Å². The van der Waals surface area contributed by atoms with Crippen molar-refractivity contribution in [3.63, 3.8) is 0 Å². The molecule has 0 fully saturated rings. The maximum Gasteiger partial charge on any atom is 0.133 e. The Hall–Kier alpha value is 0.230. The third-order valence-corrected chi connectivity index (χ3v) is 2.48. The summed E-state index contributed by atoms with van der Waals surface area (Å²) < 4.78 is 7.57. The van der Waals surface area contributed by atoms with Crippen LogP contribution < -0.4 is 4.74 Å². The van der Waals surface area contributed by atoms with Crippen LogP contribution in [-0.4, -0.2) is 6.61 Å². The first kappa shape index (κ1) is 9.32. The molecule has 0 spiro atoms. The molecule has 0 saturated heterocycles. The molecule has 3 heteroatoms. The molecule has 0 N–H and O–H groups in total. The second kappa shape index (κ2) is 4.30. The average Bonchev–Trinajstić information content (AvgIpc) is 1.95. The standard InChI is InChI=1S/C8H8BrIO/c1-2-11-8-4-3-6(10)5-7(8)9/h3-5H,2H2,1H3. The van der Waals surface area contributed by atoms with Crippen LogP contribution in [0.25, 0.3) is 0 Å². The zero-order valence-electron chi connectivity index (χ0n) is 6.10. The Morgan fingerprint density at radius 1 is 1.55 bits per heavy atom. The first-order valence-corrected chi connectivity index (χ1v) is 5.19. The summed E-state index contributed by atoms with van der Waals surface area (Å²) in [4.78, 5) is 0. The molecule has 1 rings (SSSR count). The van der Waals surface area contributed by atoms with E-state index >= 15 is 0 Å². The molecule has 60 valence electrons. The van der Waals surface area contributed by atoms with Crippen LogP contribution in [0.5, 0.6) is 5.75 Å². The second-order valence-corrected chi connectivity index (χ2v) is 4.11. The van der Waals surface area contributed by atoms with Gasteiger partial charge in [-0.1, -0.05) is 0 Å². The Morgan fingerprint density at radius 2 is 2.27 bits per heavy atom. The fourth-order valence-electron chi connectivity index (χ4n) is 0.748. The summed E-state index contributed by atoms with van der Waals surface area (Å²) in [5, 5.41) is 0. The molecule has 0 atom stereocenters. The lowest BCUT2D eigenvalue weighted by Gasteiger charge is -2.04. The molecule has 1 aromatic rings. The Bertz CT molecular complexity index is 250. The Kier molecular flexibility index (Phi) is 3.65. The summed E-state index contributed by atoms with van der Waals surface area (Å²) in [6.07, 6.45) is 0. The first-order chi connectivity index (χ1) is 5.24. The number of benzene rings is 1. The molecular weight excluding hydrogens is 319 g/mol. The molecule has 0 aliphatic heterocycles. The molecule has 0 aliphatic rings. The normalized spacial score (nSPS) is 9.73. The third-order valence-electron chi connectivity index (χ3n) is 1.19. The van der Waals surface area contributed by atoms with Gasteiger partial charge in [0.25, 0.3) is 0 Å². The van der Waals surface area contributed by atoms with Crippen LogP contribution >= 0.6 is 38.5 Å². The first-order valence-electron chi connectivity index (χ1n) is 3.32. The summed E-state index contributed by atoms with van der Waals surface area (Å²) in [5.74, 6) is 0.910. The summed E-state index contributed by atoms with van der Waals surface area (Å²) in [6.45, 7) is 2.68. The fourth-order valence-corrected chi connectivity index (χ4v) is 2.16. The van der Waals surface area contributed by atoms with Gasteiger partial charge >= 0.3 is 0 Å². The lowest BCUT2D eigenvalue weighted by molar-refractivity contribution is 0.338. The Morgan fingerprint density at radius 3 is 2.82 bits per heavy atom. The minimum Gasteiger partial charge on any atom is -0.493 e. The van der Waals surface area contributed by atoms with Crippen LogP contribution in [0, 0.1) is 3.57 Å². The monoisotopic (exact) mass is 326 g/mol. The summed E-state index contributed by atoms with van der Waals surface area (Å²) >= 11 is 5.68. The van der Waals surface area contributed by atoms with Crippen molar-refractivity contribution in [3.05, 3.63) is 26.2 Å². The number of hydrogen-bond acceptors (Lipinski definition) is 1. The van der Waals surface area contributed by atoms with Crippen molar-refractivity contribution in [2.45, 2.75) is 6.92 Å². The van der Waals surface area contributed by atoms with Gasteiger partial charge in [0.1, 0.15) is 5.75 Å². The van der Waals surface area contributed by atoms with Crippen molar-refractivity contribution in [2.24, 2.45) is 0 Å². The van der Waals surface area contributed by atoms with E-state index in [0.29, 0.717) is 6.61 Å². The SMILES string of the molecule is CCOc1ccc(I)cc1Br. The minimum atomic E-state index is 0.708. The van der Waals surface area contributed by atoms with Crippen molar-refractivity contribution in [3.8, 4) is 5.75 Å². The molecule has 0 aromatic heterocycles. The van der Waals surface area contributed by atoms with Gasteiger partial charge < -0.3 is 4.74 Å². The van der Waals surface area contributed by atoms with Crippen molar-refractivity contribution < 1.29 is 4.74 Å². The largest absolute Gasteiger partial charge is 0.493 e. The average molecular weight is 327 g/mol. The lowest BCUT2D eigenvalue weighted by Crippen LogP contribution is -1.91. The highest BCUT2D eigenvalue weighted by Crippen LogP contribution is 2.26. The summed E-state index contributed by atoms with van der Waals surface area (Å²) in [6, 6.07) is 6.03. The van der Waals surface area contributed by atoms with Gasteiger partial charge in [0.05, 0.1) is 11.1 Å². The van der Waals surface area contributed by atoms with Gasteiger partial charge in [0.15, 0.2) is 0 Å². The smallest absolute Gasteiger partial charge is 0.133 e. The van der Waals surface area contributed by atoms with E-state index in [9.17, 15) is 0 Å². The molecule has 0 heterocycles. The molecular formula is C8H8BrIO. The fraction of sp³-hybridized carbons (Fsp3) is 0.250. The maximum absolute atomic E-state index is 5.34. The van der Waals surface area contributed by atoms with Gasteiger partial charge in [-0.2, -0.15) is 0 Å². The van der Waals surface area contributed by atoms with Crippen molar-refractivity contribution in [2.75, 3.05) is 6.61 Å². The second-order valence-electron chi connectivity index (χ2n) is 2.01. The molecule has 0 amide bonds. The third kappa shape index (κ3) is 2.63. The Balaban J connectivity index is 2.90. The molecule has 1 nitrogen and oxygen atoms in total. The van der Waals surface area contributed by atoms with E-state index in [2.05, 4.69) is 38.5 Å². The zero-order chi connectivity index (χ0) is 8.27. The molecule has 0 saturated carbocycles. The van der Waals surface area contributed by atoms with Crippen LogP contribution in [0.3, 0.4) is 0 Å². The lowest BCUT2D eigenvalue weighted by atomic mass is 10.3. The summed E-state index contributed by atoms with van der Waals surface area (Å²) in [7, 11) is 0.